The van der Waals surface area contributed by atoms with Crippen LogP contribution >= 0.6 is 12.4 Å². The third-order valence-electron chi connectivity index (χ3n) is 4.31. The van der Waals surface area contributed by atoms with E-state index in [1.54, 1.807) is 24.3 Å². The largest absolute Gasteiger partial charge is 0.494 e. The summed E-state index contributed by atoms with van der Waals surface area (Å²) in [4.78, 5) is 26.8. The van der Waals surface area contributed by atoms with Crippen LogP contribution in [0.1, 0.15) is 49.9 Å². The molecule has 1 N–H and O–H groups in total. The summed E-state index contributed by atoms with van der Waals surface area (Å²) in [6.07, 6.45) is 2.48. The molecule has 0 saturated carbocycles. The van der Waals surface area contributed by atoms with Crippen LogP contribution in [-0.4, -0.2) is 48.9 Å². The van der Waals surface area contributed by atoms with Crippen molar-refractivity contribution in [3.63, 3.8) is 0 Å². The van der Waals surface area contributed by atoms with Crippen molar-refractivity contribution >= 4 is 24.1 Å². The van der Waals surface area contributed by atoms with Crippen LogP contribution in [0.4, 0.5) is 0 Å². The summed E-state index contributed by atoms with van der Waals surface area (Å²) < 4.78 is 5.38. The molecule has 1 aromatic rings. The van der Waals surface area contributed by atoms with Crippen LogP contribution in [0.2, 0.25) is 0 Å². The Bertz CT molecular complexity index is 542. The Morgan fingerprint density at radius 3 is 2.48 bits per heavy atom. The fraction of sp³-hybridized carbons (Fsp3) is 0.579. The Labute approximate surface area is 156 Å². The van der Waals surface area contributed by atoms with Gasteiger partial charge in [-0.15, -0.1) is 12.4 Å². The van der Waals surface area contributed by atoms with Gasteiger partial charge in [0.05, 0.1) is 6.61 Å². The maximum atomic E-state index is 12.5. The molecule has 1 amide bonds. The molecule has 2 rings (SSSR count). The number of halogens is 1. The number of rotatable bonds is 9. The number of benzene rings is 1. The van der Waals surface area contributed by atoms with E-state index in [0.717, 1.165) is 38.2 Å². The summed E-state index contributed by atoms with van der Waals surface area (Å²) in [6, 6.07) is 7.40. The molecule has 1 saturated heterocycles. The number of ketones is 1. The maximum absolute atomic E-state index is 12.5. The van der Waals surface area contributed by atoms with Crippen LogP contribution in [0.5, 0.6) is 5.75 Å². The molecule has 0 radical (unpaired) electrons. The normalized spacial score (nSPS) is 16.2. The van der Waals surface area contributed by atoms with Gasteiger partial charge in [-0.25, -0.2) is 0 Å². The Balaban J connectivity index is 0.00000312. The number of amides is 1. The molecule has 1 fully saturated rings. The Hall–Kier alpha value is -1.59. The monoisotopic (exact) mass is 368 g/mol. The van der Waals surface area contributed by atoms with Crippen molar-refractivity contribution in [1.29, 1.82) is 0 Å². The quantitative estimate of drug-likeness (QED) is 0.680. The van der Waals surface area contributed by atoms with E-state index in [4.69, 9.17) is 4.74 Å². The van der Waals surface area contributed by atoms with E-state index >= 15 is 0 Å². The molecule has 0 bridgehead atoms. The number of Topliss-reactive ketones (excluding diaryl/α,β-unsaturated/α-hetero) is 1. The van der Waals surface area contributed by atoms with E-state index < -0.39 is 0 Å². The molecule has 1 heterocycles. The van der Waals surface area contributed by atoms with Gasteiger partial charge in [0.25, 0.3) is 0 Å². The summed E-state index contributed by atoms with van der Waals surface area (Å²) in [5.74, 6) is 0.852. The van der Waals surface area contributed by atoms with Crippen molar-refractivity contribution in [3.8, 4) is 5.75 Å². The number of hydrogen-bond donors (Lipinski definition) is 1. The highest BCUT2D eigenvalue weighted by molar-refractivity contribution is 5.98. The highest BCUT2D eigenvalue weighted by atomic mass is 35.5. The van der Waals surface area contributed by atoms with E-state index in [9.17, 15) is 9.59 Å². The van der Waals surface area contributed by atoms with Crippen molar-refractivity contribution in [2.45, 2.75) is 45.6 Å². The summed E-state index contributed by atoms with van der Waals surface area (Å²) in [6.45, 7) is 7.19. The molecule has 6 heteroatoms. The fourth-order valence-corrected chi connectivity index (χ4v) is 3.07. The molecular formula is C19H29ClN2O3. The first kappa shape index (κ1) is 21.5. The van der Waals surface area contributed by atoms with E-state index in [-0.39, 0.29) is 43.0 Å². The van der Waals surface area contributed by atoms with Gasteiger partial charge in [-0.2, -0.15) is 0 Å². The second-order valence-electron chi connectivity index (χ2n) is 6.11. The molecule has 1 unspecified atom stereocenters. The van der Waals surface area contributed by atoms with Crippen LogP contribution < -0.4 is 10.1 Å². The van der Waals surface area contributed by atoms with E-state index in [2.05, 4.69) is 12.2 Å². The van der Waals surface area contributed by atoms with Crippen molar-refractivity contribution in [2.75, 3.05) is 26.2 Å². The van der Waals surface area contributed by atoms with Gasteiger partial charge in [0.1, 0.15) is 5.75 Å². The summed E-state index contributed by atoms with van der Waals surface area (Å²) in [7, 11) is 0. The number of ether oxygens (including phenoxy) is 1. The third kappa shape index (κ3) is 6.33. The number of nitrogens with zero attached hydrogens (tertiary/aromatic N) is 1. The molecular weight excluding hydrogens is 340 g/mol. The average Bonchev–Trinajstić information content (AvgIpc) is 3.12. The first-order valence-corrected chi connectivity index (χ1v) is 8.92. The minimum absolute atomic E-state index is 0. The van der Waals surface area contributed by atoms with Gasteiger partial charge in [0, 0.05) is 37.5 Å². The predicted octanol–water partition coefficient (Wildman–Crippen LogP) is 3.07. The molecule has 140 valence electrons. The molecule has 0 aliphatic carbocycles. The first-order chi connectivity index (χ1) is 11.7. The predicted molar refractivity (Wildman–Crippen MR) is 102 cm³/mol. The SMILES string of the molecule is CCCN(C(=O)CCC(=O)c1ccc(OCC)cc1)C1CCNC1.Cl. The average molecular weight is 369 g/mol. The van der Waals surface area contributed by atoms with Gasteiger partial charge < -0.3 is 15.0 Å². The zero-order valence-corrected chi connectivity index (χ0v) is 15.9. The lowest BCUT2D eigenvalue weighted by Crippen LogP contribution is -2.42. The second kappa shape index (κ2) is 11.1. The van der Waals surface area contributed by atoms with Gasteiger partial charge in [0.15, 0.2) is 5.78 Å². The molecule has 1 atom stereocenters. The molecule has 0 spiro atoms. The third-order valence-corrected chi connectivity index (χ3v) is 4.31. The van der Waals surface area contributed by atoms with Gasteiger partial charge in [-0.1, -0.05) is 6.92 Å². The van der Waals surface area contributed by atoms with Crippen LogP contribution in [0.25, 0.3) is 0 Å². The zero-order chi connectivity index (χ0) is 17.4. The minimum Gasteiger partial charge on any atom is -0.494 e. The Kier molecular flexibility index (Phi) is 9.53. The fourth-order valence-electron chi connectivity index (χ4n) is 3.07. The van der Waals surface area contributed by atoms with Crippen molar-refractivity contribution in [3.05, 3.63) is 29.8 Å². The van der Waals surface area contributed by atoms with Crippen molar-refractivity contribution in [2.24, 2.45) is 0 Å². The highest BCUT2D eigenvalue weighted by Crippen LogP contribution is 2.16. The molecule has 1 aliphatic heterocycles. The van der Waals surface area contributed by atoms with Crippen LogP contribution in [0, 0.1) is 0 Å². The Morgan fingerprint density at radius 2 is 1.92 bits per heavy atom. The molecule has 1 aromatic carbocycles. The van der Waals surface area contributed by atoms with E-state index in [1.165, 1.54) is 0 Å². The van der Waals surface area contributed by atoms with Gasteiger partial charge in [0.2, 0.25) is 5.91 Å². The maximum Gasteiger partial charge on any atom is 0.223 e. The molecule has 0 aromatic heterocycles. The lowest BCUT2D eigenvalue weighted by Gasteiger charge is -2.28. The first-order valence-electron chi connectivity index (χ1n) is 8.92. The van der Waals surface area contributed by atoms with Crippen LogP contribution in [-0.2, 0) is 4.79 Å². The summed E-state index contributed by atoms with van der Waals surface area (Å²) >= 11 is 0. The van der Waals surface area contributed by atoms with E-state index in [1.807, 2.05) is 11.8 Å². The zero-order valence-electron chi connectivity index (χ0n) is 15.1. The Morgan fingerprint density at radius 1 is 1.20 bits per heavy atom. The van der Waals surface area contributed by atoms with Crippen LogP contribution in [0.3, 0.4) is 0 Å². The standard InChI is InChI=1S/C19H28N2O3.ClH/c1-3-13-21(16-11-12-20-14-16)19(23)10-9-18(22)15-5-7-17(8-6-15)24-4-2;/h5-8,16,20H,3-4,9-14H2,1-2H3;1H. The number of nitrogens with one attached hydrogen (secondary N) is 1. The summed E-state index contributed by atoms with van der Waals surface area (Å²) in [5, 5.41) is 3.30. The van der Waals surface area contributed by atoms with E-state index in [0.29, 0.717) is 12.2 Å². The lowest BCUT2D eigenvalue weighted by atomic mass is 10.1. The van der Waals surface area contributed by atoms with Crippen LogP contribution in [0.15, 0.2) is 24.3 Å². The smallest absolute Gasteiger partial charge is 0.223 e. The highest BCUT2D eigenvalue weighted by Gasteiger charge is 2.25. The number of hydrogen-bond acceptors (Lipinski definition) is 4. The number of carbonyl (C=O) groups excluding carboxylic acids is 2. The van der Waals surface area contributed by atoms with Gasteiger partial charge >= 0.3 is 0 Å². The minimum atomic E-state index is 0. The van der Waals surface area contributed by atoms with Gasteiger partial charge in [-0.05, 0) is 50.6 Å². The van der Waals surface area contributed by atoms with Crippen molar-refractivity contribution in [1.82, 2.24) is 10.2 Å². The molecule has 25 heavy (non-hydrogen) atoms. The van der Waals surface area contributed by atoms with Gasteiger partial charge in [-0.3, -0.25) is 9.59 Å². The molecule has 1 aliphatic rings. The molecule has 5 nitrogen and oxygen atoms in total. The summed E-state index contributed by atoms with van der Waals surface area (Å²) in [5.41, 5.74) is 0.635. The second-order valence-corrected chi connectivity index (χ2v) is 6.11. The van der Waals surface area contributed by atoms with Crippen molar-refractivity contribution < 1.29 is 14.3 Å². The topological polar surface area (TPSA) is 58.6 Å². The lowest BCUT2D eigenvalue weighted by molar-refractivity contribution is -0.133. The number of carbonyl (C=O) groups is 2.